The summed E-state index contributed by atoms with van der Waals surface area (Å²) >= 11 is 3.29. The molecule has 0 saturated carbocycles. The van der Waals surface area contributed by atoms with Gasteiger partial charge in [0.25, 0.3) is 0 Å². The summed E-state index contributed by atoms with van der Waals surface area (Å²) in [4.78, 5) is 13.3. The van der Waals surface area contributed by atoms with E-state index in [0.717, 1.165) is 14.7 Å². The Labute approximate surface area is 90.0 Å². The summed E-state index contributed by atoms with van der Waals surface area (Å²) in [5.41, 5.74) is 6.31. The van der Waals surface area contributed by atoms with E-state index >= 15 is 0 Å². The maximum atomic E-state index is 5.48. The standard InChI is InChI=1S/C8H10N4S2/c1-4(2)13-8-11-5-3-10-7(9)12-6(5)14-8/h3-4H,1-2H3,(H2,9,10,12). The van der Waals surface area contributed by atoms with Gasteiger partial charge >= 0.3 is 0 Å². The summed E-state index contributed by atoms with van der Waals surface area (Å²) in [5.74, 6) is 0.308. The summed E-state index contributed by atoms with van der Waals surface area (Å²) in [5, 5.41) is 0.529. The van der Waals surface area contributed by atoms with Gasteiger partial charge in [0.1, 0.15) is 10.3 Å². The molecule has 0 amide bonds. The minimum atomic E-state index is 0.308. The third kappa shape index (κ3) is 1.96. The molecule has 0 aliphatic carbocycles. The van der Waals surface area contributed by atoms with Gasteiger partial charge in [0.15, 0.2) is 4.34 Å². The molecule has 14 heavy (non-hydrogen) atoms. The van der Waals surface area contributed by atoms with Gasteiger partial charge in [-0.25, -0.2) is 15.0 Å². The highest BCUT2D eigenvalue weighted by molar-refractivity contribution is 8.01. The van der Waals surface area contributed by atoms with E-state index in [4.69, 9.17) is 5.73 Å². The van der Waals surface area contributed by atoms with Gasteiger partial charge < -0.3 is 5.73 Å². The number of thiazole rings is 1. The molecule has 0 saturated heterocycles. The van der Waals surface area contributed by atoms with Crippen LogP contribution in [-0.4, -0.2) is 20.2 Å². The molecule has 0 spiro atoms. The first-order valence-electron chi connectivity index (χ1n) is 4.21. The van der Waals surface area contributed by atoms with Crippen molar-refractivity contribution in [3.05, 3.63) is 6.20 Å². The van der Waals surface area contributed by atoms with E-state index in [1.54, 1.807) is 29.3 Å². The molecule has 2 heterocycles. The third-order valence-corrected chi connectivity index (χ3v) is 3.55. The number of nitrogens with zero attached hydrogens (tertiary/aromatic N) is 3. The van der Waals surface area contributed by atoms with Crippen molar-refractivity contribution in [1.29, 1.82) is 0 Å². The Morgan fingerprint density at radius 3 is 2.93 bits per heavy atom. The number of nitrogen functional groups attached to an aromatic ring is 1. The van der Waals surface area contributed by atoms with E-state index in [9.17, 15) is 0 Å². The van der Waals surface area contributed by atoms with Gasteiger partial charge in [-0.15, -0.1) is 0 Å². The van der Waals surface area contributed by atoms with Crippen molar-refractivity contribution in [1.82, 2.24) is 15.0 Å². The van der Waals surface area contributed by atoms with Crippen LogP contribution in [0.3, 0.4) is 0 Å². The molecule has 0 aliphatic rings. The Hall–Kier alpha value is -0.880. The fourth-order valence-electron chi connectivity index (χ4n) is 0.980. The van der Waals surface area contributed by atoms with E-state index in [1.807, 2.05) is 0 Å². The zero-order valence-electron chi connectivity index (χ0n) is 7.89. The molecule has 0 aromatic carbocycles. The maximum Gasteiger partial charge on any atom is 0.221 e. The van der Waals surface area contributed by atoms with Crippen LogP contribution in [0.2, 0.25) is 0 Å². The highest BCUT2D eigenvalue weighted by atomic mass is 32.2. The summed E-state index contributed by atoms with van der Waals surface area (Å²) in [6.45, 7) is 4.27. The lowest BCUT2D eigenvalue weighted by Crippen LogP contribution is -1.92. The molecule has 2 rings (SSSR count). The number of thioether (sulfide) groups is 1. The highest BCUT2D eigenvalue weighted by Gasteiger charge is 2.07. The second kappa shape index (κ2) is 3.70. The fourth-order valence-corrected chi connectivity index (χ4v) is 3.19. The fraction of sp³-hybridized carbons (Fsp3) is 0.375. The molecule has 0 fully saturated rings. The minimum Gasteiger partial charge on any atom is -0.368 e. The van der Waals surface area contributed by atoms with E-state index in [2.05, 4.69) is 28.8 Å². The summed E-state index contributed by atoms with van der Waals surface area (Å²) in [7, 11) is 0. The van der Waals surface area contributed by atoms with Gasteiger partial charge in [0.2, 0.25) is 5.95 Å². The molecule has 2 aromatic heterocycles. The first kappa shape index (κ1) is 9.67. The van der Waals surface area contributed by atoms with Crippen LogP contribution < -0.4 is 5.73 Å². The van der Waals surface area contributed by atoms with Crippen LogP contribution in [0.4, 0.5) is 5.95 Å². The van der Waals surface area contributed by atoms with Gasteiger partial charge in [-0.2, -0.15) is 0 Å². The molecule has 0 atom stereocenters. The largest absolute Gasteiger partial charge is 0.368 e. The van der Waals surface area contributed by atoms with E-state index < -0.39 is 0 Å². The second-order valence-corrected chi connectivity index (χ2v) is 5.87. The lowest BCUT2D eigenvalue weighted by molar-refractivity contribution is 1.10. The topological polar surface area (TPSA) is 64.7 Å². The number of nitrogens with two attached hydrogens (primary N) is 1. The Bertz CT molecular complexity index is 452. The monoisotopic (exact) mass is 226 g/mol. The van der Waals surface area contributed by atoms with Gasteiger partial charge in [-0.05, 0) is 0 Å². The van der Waals surface area contributed by atoms with Crippen molar-refractivity contribution in [2.24, 2.45) is 0 Å². The number of fused-ring (bicyclic) bond motifs is 1. The Kier molecular flexibility index (Phi) is 2.56. The zero-order valence-corrected chi connectivity index (χ0v) is 9.52. The van der Waals surface area contributed by atoms with Crippen LogP contribution in [0.5, 0.6) is 0 Å². The normalized spacial score (nSPS) is 11.4. The molecule has 0 aliphatic heterocycles. The summed E-state index contributed by atoms with van der Waals surface area (Å²) in [6.07, 6.45) is 1.67. The zero-order chi connectivity index (χ0) is 10.1. The van der Waals surface area contributed by atoms with Crippen LogP contribution >= 0.6 is 23.1 Å². The lowest BCUT2D eigenvalue weighted by Gasteiger charge is -1.97. The molecule has 2 N–H and O–H groups in total. The third-order valence-electron chi connectivity index (χ3n) is 1.49. The Morgan fingerprint density at radius 1 is 1.43 bits per heavy atom. The number of hydrogen-bond donors (Lipinski definition) is 1. The van der Waals surface area contributed by atoms with E-state index in [-0.39, 0.29) is 0 Å². The van der Waals surface area contributed by atoms with Crippen molar-refractivity contribution in [2.45, 2.75) is 23.4 Å². The lowest BCUT2D eigenvalue weighted by atomic mass is 10.6. The summed E-state index contributed by atoms with van der Waals surface area (Å²) < 4.78 is 1.02. The van der Waals surface area contributed by atoms with Crippen molar-refractivity contribution < 1.29 is 0 Å². The number of hydrogen-bond acceptors (Lipinski definition) is 6. The number of aromatic nitrogens is 3. The van der Waals surface area contributed by atoms with Gasteiger partial charge in [-0.3, -0.25) is 0 Å². The predicted octanol–water partition coefficient (Wildman–Crippen LogP) is 2.17. The van der Waals surface area contributed by atoms with Crippen molar-refractivity contribution in [3.63, 3.8) is 0 Å². The molecule has 0 bridgehead atoms. The van der Waals surface area contributed by atoms with Crippen molar-refractivity contribution in [2.75, 3.05) is 5.73 Å². The summed E-state index contributed by atoms with van der Waals surface area (Å²) in [6, 6.07) is 0. The highest BCUT2D eigenvalue weighted by Crippen LogP contribution is 2.30. The molecule has 6 heteroatoms. The first-order chi connectivity index (χ1) is 6.65. The number of anilines is 1. The molecule has 0 radical (unpaired) electrons. The minimum absolute atomic E-state index is 0.308. The van der Waals surface area contributed by atoms with Gasteiger partial charge in [-0.1, -0.05) is 36.9 Å². The smallest absolute Gasteiger partial charge is 0.221 e. The van der Waals surface area contributed by atoms with E-state index in [0.29, 0.717) is 11.2 Å². The quantitative estimate of drug-likeness (QED) is 0.795. The van der Waals surface area contributed by atoms with Crippen LogP contribution in [0, 0.1) is 0 Å². The van der Waals surface area contributed by atoms with Gasteiger partial charge in [0, 0.05) is 5.25 Å². The molecule has 0 unspecified atom stereocenters. The van der Waals surface area contributed by atoms with Gasteiger partial charge in [0.05, 0.1) is 6.20 Å². The Balaban J connectivity index is 2.41. The van der Waals surface area contributed by atoms with E-state index in [1.165, 1.54) is 0 Å². The first-order valence-corrected chi connectivity index (χ1v) is 5.90. The van der Waals surface area contributed by atoms with Crippen LogP contribution in [0.15, 0.2) is 10.5 Å². The molecule has 2 aromatic rings. The van der Waals surface area contributed by atoms with Crippen molar-refractivity contribution >= 4 is 39.4 Å². The Morgan fingerprint density at radius 2 is 2.21 bits per heavy atom. The molecular formula is C8H10N4S2. The second-order valence-electron chi connectivity index (χ2n) is 3.06. The molecule has 4 nitrogen and oxygen atoms in total. The van der Waals surface area contributed by atoms with Crippen LogP contribution in [-0.2, 0) is 0 Å². The predicted molar refractivity (Wildman–Crippen MR) is 60.6 cm³/mol. The average Bonchev–Trinajstić information content (AvgIpc) is 2.44. The van der Waals surface area contributed by atoms with Crippen LogP contribution in [0.25, 0.3) is 10.3 Å². The van der Waals surface area contributed by atoms with Crippen LogP contribution in [0.1, 0.15) is 13.8 Å². The van der Waals surface area contributed by atoms with Crippen molar-refractivity contribution in [3.8, 4) is 0 Å². The molecular weight excluding hydrogens is 216 g/mol. The molecule has 74 valence electrons. The average molecular weight is 226 g/mol. The SMILES string of the molecule is CC(C)Sc1nc2cnc(N)nc2s1. The number of rotatable bonds is 2. The maximum absolute atomic E-state index is 5.48.